The summed E-state index contributed by atoms with van der Waals surface area (Å²) in [5.41, 5.74) is 1.08. The smallest absolute Gasteiger partial charge is 0.282 e. The van der Waals surface area contributed by atoms with Crippen molar-refractivity contribution in [1.29, 1.82) is 0 Å². The minimum absolute atomic E-state index is 0.538. The molecule has 1 aromatic carbocycles. The van der Waals surface area contributed by atoms with Crippen LogP contribution in [-0.4, -0.2) is 63.4 Å². The Morgan fingerprint density at radius 1 is 0.955 bits per heavy atom. The predicted octanol–water partition coefficient (Wildman–Crippen LogP) is 1.16. The summed E-state index contributed by atoms with van der Waals surface area (Å²) in [6.45, 7) is 3.82. The lowest BCUT2D eigenvalue weighted by molar-refractivity contribution is 0.343. The van der Waals surface area contributed by atoms with Crippen LogP contribution in [0, 0.1) is 0 Å². The van der Waals surface area contributed by atoms with E-state index in [0.29, 0.717) is 39.3 Å². The van der Waals surface area contributed by atoms with Crippen molar-refractivity contribution in [2.75, 3.05) is 51.3 Å². The molecule has 0 atom stereocenters. The molecule has 0 spiro atoms. The molecule has 2 aliphatic rings. The molecule has 2 aliphatic heterocycles. The van der Waals surface area contributed by atoms with Crippen molar-refractivity contribution < 1.29 is 13.2 Å². The molecule has 0 radical (unpaired) electrons. The van der Waals surface area contributed by atoms with Crippen LogP contribution in [0.5, 0.6) is 5.75 Å². The first-order valence-corrected chi connectivity index (χ1v) is 9.15. The van der Waals surface area contributed by atoms with Gasteiger partial charge in [-0.25, -0.2) is 0 Å². The third kappa shape index (κ3) is 3.06. The van der Waals surface area contributed by atoms with Crippen molar-refractivity contribution in [2.45, 2.75) is 12.8 Å². The van der Waals surface area contributed by atoms with Gasteiger partial charge in [-0.3, -0.25) is 0 Å². The molecule has 0 aromatic heterocycles. The van der Waals surface area contributed by atoms with Gasteiger partial charge in [0.2, 0.25) is 0 Å². The van der Waals surface area contributed by atoms with Crippen molar-refractivity contribution in [3.05, 3.63) is 24.3 Å². The van der Waals surface area contributed by atoms with Gasteiger partial charge in [0.25, 0.3) is 10.2 Å². The van der Waals surface area contributed by atoms with Crippen molar-refractivity contribution in [3.63, 3.8) is 0 Å². The lowest BCUT2D eigenvalue weighted by atomic mass is 10.2. The summed E-state index contributed by atoms with van der Waals surface area (Å²) < 4.78 is 33.6. The van der Waals surface area contributed by atoms with Gasteiger partial charge in [0, 0.05) is 51.0 Å². The molecular formula is C15H23N3O3S. The van der Waals surface area contributed by atoms with E-state index in [1.807, 2.05) is 24.3 Å². The van der Waals surface area contributed by atoms with Crippen molar-refractivity contribution >= 4 is 15.9 Å². The molecule has 2 heterocycles. The van der Waals surface area contributed by atoms with Crippen LogP contribution in [0.25, 0.3) is 0 Å². The summed E-state index contributed by atoms with van der Waals surface area (Å²) in [4.78, 5) is 2.21. The third-order valence-electron chi connectivity index (χ3n) is 4.37. The van der Waals surface area contributed by atoms with E-state index in [1.165, 1.54) is 0 Å². The number of hydrogen-bond acceptors (Lipinski definition) is 4. The molecule has 0 amide bonds. The molecule has 0 N–H and O–H groups in total. The number of benzene rings is 1. The largest absolute Gasteiger partial charge is 0.497 e. The molecular weight excluding hydrogens is 302 g/mol. The minimum atomic E-state index is -3.26. The summed E-state index contributed by atoms with van der Waals surface area (Å²) in [5.74, 6) is 0.824. The maximum atomic E-state index is 12.5. The van der Waals surface area contributed by atoms with E-state index >= 15 is 0 Å². The summed E-state index contributed by atoms with van der Waals surface area (Å²) in [5, 5.41) is 0. The highest BCUT2D eigenvalue weighted by Gasteiger charge is 2.33. The van der Waals surface area contributed by atoms with Crippen LogP contribution in [0.3, 0.4) is 0 Å². The second kappa shape index (κ2) is 6.44. The quantitative estimate of drug-likeness (QED) is 0.833. The van der Waals surface area contributed by atoms with Crippen LogP contribution in [0.4, 0.5) is 5.69 Å². The van der Waals surface area contributed by atoms with Crippen LogP contribution in [-0.2, 0) is 10.2 Å². The second-order valence-corrected chi connectivity index (χ2v) is 7.63. The Morgan fingerprint density at radius 2 is 1.59 bits per heavy atom. The summed E-state index contributed by atoms with van der Waals surface area (Å²) in [6, 6.07) is 7.90. The first-order chi connectivity index (χ1) is 10.6. The van der Waals surface area contributed by atoms with E-state index in [4.69, 9.17) is 4.74 Å². The molecule has 122 valence electrons. The average molecular weight is 325 g/mol. The zero-order chi connectivity index (χ0) is 15.6. The number of rotatable bonds is 4. The number of hydrogen-bond donors (Lipinski definition) is 0. The minimum Gasteiger partial charge on any atom is -0.497 e. The van der Waals surface area contributed by atoms with Gasteiger partial charge in [-0.1, -0.05) is 6.07 Å². The monoisotopic (exact) mass is 325 g/mol. The van der Waals surface area contributed by atoms with E-state index in [1.54, 1.807) is 15.7 Å². The first-order valence-electron chi connectivity index (χ1n) is 7.75. The molecule has 0 bridgehead atoms. The van der Waals surface area contributed by atoms with Crippen molar-refractivity contribution in [2.24, 2.45) is 0 Å². The maximum Gasteiger partial charge on any atom is 0.282 e. The summed E-state index contributed by atoms with van der Waals surface area (Å²) in [6.07, 6.45) is 1.95. The number of nitrogens with zero attached hydrogens (tertiary/aromatic N) is 3. The highest BCUT2D eigenvalue weighted by molar-refractivity contribution is 7.86. The van der Waals surface area contributed by atoms with Gasteiger partial charge in [-0.15, -0.1) is 0 Å². The van der Waals surface area contributed by atoms with Gasteiger partial charge in [-0.2, -0.15) is 17.0 Å². The van der Waals surface area contributed by atoms with Gasteiger partial charge in [0.15, 0.2) is 0 Å². The zero-order valence-corrected chi connectivity index (χ0v) is 13.8. The molecule has 0 aliphatic carbocycles. The van der Waals surface area contributed by atoms with Crippen LogP contribution < -0.4 is 9.64 Å². The van der Waals surface area contributed by atoms with E-state index in [2.05, 4.69) is 4.90 Å². The normalized spacial score (nSPS) is 21.2. The van der Waals surface area contributed by atoms with Crippen LogP contribution in [0.1, 0.15) is 12.8 Å². The average Bonchev–Trinajstić information content (AvgIpc) is 3.10. The molecule has 22 heavy (non-hydrogen) atoms. The molecule has 3 rings (SSSR count). The third-order valence-corrected chi connectivity index (χ3v) is 6.41. The molecule has 6 nitrogen and oxygen atoms in total. The highest BCUT2D eigenvalue weighted by atomic mass is 32.2. The Morgan fingerprint density at radius 3 is 2.23 bits per heavy atom. The Bertz CT molecular complexity index is 606. The van der Waals surface area contributed by atoms with Gasteiger partial charge in [-0.05, 0) is 25.0 Å². The molecule has 1 aromatic rings. The number of ether oxygens (including phenoxy) is 1. The van der Waals surface area contributed by atoms with E-state index in [9.17, 15) is 8.42 Å². The van der Waals surface area contributed by atoms with Crippen LogP contribution in [0.15, 0.2) is 24.3 Å². The molecule has 0 saturated carbocycles. The topological polar surface area (TPSA) is 53.1 Å². The van der Waals surface area contributed by atoms with Gasteiger partial charge < -0.3 is 9.64 Å². The molecule has 7 heteroatoms. The summed E-state index contributed by atoms with van der Waals surface area (Å²) in [7, 11) is -1.61. The Balaban J connectivity index is 1.64. The zero-order valence-electron chi connectivity index (χ0n) is 12.9. The number of piperazine rings is 1. The number of anilines is 1. The van der Waals surface area contributed by atoms with E-state index < -0.39 is 10.2 Å². The van der Waals surface area contributed by atoms with Crippen molar-refractivity contribution in [3.8, 4) is 5.75 Å². The second-order valence-electron chi connectivity index (χ2n) is 5.70. The maximum absolute atomic E-state index is 12.5. The fourth-order valence-corrected chi connectivity index (χ4v) is 4.74. The van der Waals surface area contributed by atoms with E-state index in [0.717, 1.165) is 24.3 Å². The number of methoxy groups -OCH3 is 1. The predicted molar refractivity (Wildman–Crippen MR) is 86.5 cm³/mol. The Kier molecular flexibility index (Phi) is 4.56. The van der Waals surface area contributed by atoms with Gasteiger partial charge in [0.1, 0.15) is 5.75 Å². The lowest BCUT2D eigenvalue weighted by Crippen LogP contribution is -2.52. The lowest BCUT2D eigenvalue weighted by Gasteiger charge is -2.37. The van der Waals surface area contributed by atoms with Gasteiger partial charge in [0.05, 0.1) is 7.11 Å². The van der Waals surface area contributed by atoms with Gasteiger partial charge >= 0.3 is 0 Å². The molecule has 0 unspecified atom stereocenters. The standard InChI is InChI=1S/C15H23N3O3S/c1-21-15-6-4-5-14(13-15)16-9-11-18(12-10-16)22(19,20)17-7-2-3-8-17/h4-6,13H,2-3,7-12H2,1H3. The fourth-order valence-electron chi connectivity index (χ4n) is 3.07. The molecule has 2 fully saturated rings. The highest BCUT2D eigenvalue weighted by Crippen LogP contribution is 2.24. The SMILES string of the molecule is COc1cccc(N2CCN(S(=O)(=O)N3CCCC3)CC2)c1. The van der Waals surface area contributed by atoms with Crippen LogP contribution >= 0.6 is 0 Å². The Hall–Kier alpha value is -1.31. The molecule has 2 saturated heterocycles. The first kappa shape index (κ1) is 15.6. The fraction of sp³-hybridized carbons (Fsp3) is 0.600. The Labute approximate surface area is 132 Å². The van der Waals surface area contributed by atoms with E-state index in [-0.39, 0.29) is 0 Å². The van der Waals surface area contributed by atoms with Crippen LogP contribution in [0.2, 0.25) is 0 Å². The van der Waals surface area contributed by atoms with Crippen molar-refractivity contribution in [1.82, 2.24) is 8.61 Å². The summed E-state index contributed by atoms with van der Waals surface area (Å²) >= 11 is 0.